The number of para-hydroxylation sites is 1. The topological polar surface area (TPSA) is 56.7 Å². The van der Waals surface area contributed by atoms with Crippen LogP contribution in [-0.4, -0.2) is 14.5 Å². The minimum Gasteiger partial charge on any atom is -0.368 e. The predicted molar refractivity (Wildman–Crippen MR) is 69.8 cm³/mol. The molecule has 0 amide bonds. The SMILES string of the molecule is CCc1cccc2c3cnc(N)nc3n(C)c12. The van der Waals surface area contributed by atoms with Crippen molar-refractivity contribution >= 4 is 27.9 Å². The molecule has 0 aliphatic heterocycles. The van der Waals surface area contributed by atoms with Gasteiger partial charge in [0.15, 0.2) is 0 Å². The standard InChI is InChI=1S/C13H14N4/c1-3-8-5-4-6-9-10-7-15-13(14)16-12(10)17(2)11(8)9/h4-7H,3H2,1-2H3,(H2,14,15,16). The second kappa shape index (κ2) is 3.45. The van der Waals surface area contributed by atoms with Gasteiger partial charge >= 0.3 is 0 Å². The van der Waals surface area contributed by atoms with Crippen molar-refractivity contribution in [1.82, 2.24) is 14.5 Å². The summed E-state index contributed by atoms with van der Waals surface area (Å²) >= 11 is 0. The molecular weight excluding hydrogens is 212 g/mol. The molecule has 2 N–H and O–H groups in total. The van der Waals surface area contributed by atoms with Crippen molar-refractivity contribution < 1.29 is 0 Å². The zero-order chi connectivity index (χ0) is 12.0. The Balaban J connectivity index is 2.58. The molecule has 2 heterocycles. The maximum Gasteiger partial charge on any atom is 0.221 e. The molecule has 4 heteroatoms. The molecule has 0 radical (unpaired) electrons. The van der Waals surface area contributed by atoms with E-state index in [0.29, 0.717) is 5.95 Å². The van der Waals surface area contributed by atoms with Crippen LogP contribution in [0.3, 0.4) is 0 Å². The van der Waals surface area contributed by atoms with Crippen molar-refractivity contribution in [2.75, 3.05) is 5.73 Å². The molecular formula is C13H14N4. The fourth-order valence-electron chi connectivity index (χ4n) is 2.43. The average molecular weight is 226 g/mol. The summed E-state index contributed by atoms with van der Waals surface area (Å²) in [6.07, 6.45) is 2.81. The predicted octanol–water partition coefficient (Wildman–Crippen LogP) is 2.27. The third-order valence-electron chi connectivity index (χ3n) is 3.23. The highest BCUT2D eigenvalue weighted by Gasteiger charge is 2.12. The summed E-state index contributed by atoms with van der Waals surface area (Å²) in [6, 6.07) is 6.34. The first kappa shape index (κ1) is 10.1. The van der Waals surface area contributed by atoms with Gasteiger partial charge < -0.3 is 10.3 Å². The fourth-order valence-corrected chi connectivity index (χ4v) is 2.43. The molecule has 4 nitrogen and oxygen atoms in total. The van der Waals surface area contributed by atoms with Crippen molar-refractivity contribution in [3.8, 4) is 0 Å². The van der Waals surface area contributed by atoms with Gasteiger partial charge in [0.05, 0.1) is 5.52 Å². The Morgan fingerprint density at radius 2 is 2.12 bits per heavy atom. The van der Waals surface area contributed by atoms with Gasteiger partial charge in [-0.2, -0.15) is 4.98 Å². The largest absolute Gasteiger partial charge is 0.368 e. The molecule has 1 aromatic carbocycles. The molecule has 0 saturated carbocycles. The third-order valence-corrected chi connectivity index (χ3v) is 3.23. The van der Waals surface area contributed by atoms with Crippen molar-refractivity contribution in [2.24, 2.45) is 7.05 Å². The lowest BCUT2D eigenvalue weighted by atomic mass is 10.1. The number of hydrogen-bond acceptors (Lipinski definition) is 3. The zero-order valence-corrected chi connectivity index (χ0v) is 9.94. The van der Waals surface area contributed by atoms with Crippen LogP contribution in [0.5, 0.6) is 0 Å². The summed E-state index contributed by atoms with van der Waals surface area (Å²) in [5, 5.41) is 2.26. The van der Waals surface area contributed by atoms with E-state index in [1.807, 2.05) is 7.05 Å². The van der Waals surface area contributed by atoms with Gasteiger partial charge in [-0.05, 0) is 12.0 Å². The minimum atomic E-state index is 0.321. The maximum absolute atomic E-state index is 5.65. The van der Waals surface area contributed by atoms with Crippen LogP contribution in [-0.2, 0) is 13.5 Å². The number of nitrogen functional groups attached to an aromatic ring is 1. The zero-order valence-electron chi connectivity index (χ0n) is 9.94. The Bertz CT molecular complexity index is 712. The number of benzene rings is 1. The highest BCUT2D eigenvalue weighted by Crippen LogP contribution is 2.29. The lowest BCUT2D eigenvalue weighted by Crippen LogP contribution is -1.97. The van der Waals surface area contributed by atoms with Crippen LogP contribution in [0.25, 0.3) is 21.9 Å². The number of aryl methyl sites for hydroxylation is 2. The summed E-state index contributed by atoms with van der Waals surface area (Å²) in [5.74, 6) is 0.321. The Morgan fingerprint density at radius 3 is 2.88 bits per heavy atom. The number of fused-ring (bicyclic) bond motifs is 3. The number of nitrogens with two attached hydrogens (primary N) is 1. The van der Waals surface area contributed by atoms with Gasteiger partial charge in [-0.25, -0.2) is 4.98 Å². The van der Waals surface area contributed by atoms with E-state index in [2.05, 4.69) is 39.7 Å². The van der Waals surface area contributed by atoms with Gasteiger partial charge in [-0.1, -0.05) is 25.1 Å². The number of hydrogen-bond donors (Lipinski definition) is 1. The molecule has 0 bridgehead atoms. The number of aromatic nitrogens is 3. The van der Waals surface area contributed by atoms with Gasteiger partial charge in [0.25, 0.3) is 0 Å². The Kier molecular flexibility index (Phi) is 2.04. The number of rotatable bonds is 1. The molecule has 2 aromatic heterocycles. The monoisotopic (exact) mass is 226 g/mol. The van der Waals surface area contributed by atoms with E-state index >= 15 is 0 Å². The summed E-state index contributed by atoms with van der Waals surface area (Å²) in [5.41, 5.74) is 9.09. The van der Waals surface area contributed by atoms with Crippen LogP contribution >= 0.6 is 0 Å². The summed E-state index contributed by atoms with van der Waals surface area (Å²) < 4.78 is 2.10. The fraction of sp³-hybridized carbons (Fsp3) is 0.231. The van der Waals surface area contributed by atoms with Crippen molar-refractivity contribution in [1.29, 1.82) is 0 Å². The van der Waals surface area contributed by atoms with E-state index in [1.54, 1.807) is 6.20 Å². The molecule has 0 spiro atoms. The van der Waals surface area contributed by atoms with Crippen molar-refractivity contribution in [3.63, 3.8) is 0 Å². The van der Waals surface area contributed by atoms with E-state index in [9.17, 15) is 0 Å². The lowest BCUT2D eigenvalue weighted by molar-refractivity contribution is 0.970. The highest BCUT2D eigenvalue weighted by atomic mass is 15.1. The third kappa shape index (κ3) is 1.30. The molecule has 0 aliphatic rings. The van der Waals surface area contributed by atoms with Crippen LogP contribution in [0.1, 0.15) is 12.5 Å². The molecule has 17 heavy (non-hydrogen) atoms. The van der Waals surface area contributed by atoms with Gasteiger partial charge in [0, 0.05) is 24.0 Å². The minimum absolute atomic E-state index is 0.321. The molecule has 0 fully saturated rings. The van der Waals surface area contributed by atoms with E-state index in [0.717, 1.165) is 17.5 Å². The molecule has 3 aromatic rings. The van der Waals surface area contributed by atoms with Gasteiger partial charge in [0.2, 0.25) is 5.95 Å². The Morgan fingerprint density at radius 1 is 1.29 bits per heavy atom. The normalized spacial score (nSPS) is 11.4. The van der Waals surface area contributed by atoms with Crippen molar-refractivity contribution in [3.05, 3.63) is 30.0 Å². The first-order chi connectivity index (χ1) is 8.22. The van der Waals surface area contributed by atoms with E-state index in [4.69, 9.17) is 5.73 Å². The summed E-state index contributed by atoms with van der Waals surface area (Å²) in [7, 11) is 2.02. The molecule has 0 atom stereocenters. The second-order valence-corrected chi connectivity index (χ2v) is 4.19. The molecule has 0 aliphatic carbocycles. The average Bonchev–Trinajstić information content (AvgIpc) is 2.63. The number of nitrogens with zero attached hydrogens (tertiary/aromatic N) is 3. The maximum atomic E-state index is 5.65. The first-order valence-electron chi connectivity index (χ1n) is 5.71. The Labute approximate surface area is 99.1 Å². The van der Waals surface area contributed by atoms with Gasteiger partial charge in [-0.3, -0.25) is 0 Å². The van der Waals surface area contributed by atoms with Gasteiger partial charge in [-0.15, -0.1) is 0 Å². The van der Waals surface area contributed by atoms with Crippen molar-refractivity contribution in [2.45, 2.75) is 13.3 Å². The quantitative estimate of drug-likeness (QED) is 0.692. The molecule has 86 valence electrons. The highest BCUT2D eigenvalue weighted by molar-refractivity contribution is 6.07. The van der Waals surface area contributed by atoms with Crippen LogP contribution in [0, 0.1) is 0 Å². The van der Waals surface area contributed by atoms with E-state index in [1.165, 1.54) is 16.5 Å². The smallest absolute Gasteiger partial charge is 0.221 e. The first-order valence-corrected chi connectivity index (χ1v) is 5.71. The molecule has 0 saturated heterocycles. The van der Waals surface area contributed by atoms with Gasteiger partial charge in [0.1, 0.15) is 5.65 Å². The molecule has 3 rings (SSSR count). The van der Waals surface area contributed by atoms with Crippen LogP contribution in [0.4, 0.5) is 5.95 Å². The molecule has 0 unspecified atom stereocenters. The van der Waals surface area contributed by atoms with Crippen LogP contribution in [0.15, 0.2) is 24.4 Å². The summed E-state index contributed by atoms with van der Waals surface area (Å²) in [4.78, 5) is 8.40. The van der Waals surface area contributed by atoms with E-state index in [-0.39, 0.29) is 0 Å². The number of anilines is 1. The van der Waals surface area contributed by atoms with Crippen LogP contribution in [0.2, 0.25) is 0 Å². The Hall–Kier alpha value is -2.10. The summed E-state index contributed by atoms with van der Waals surface area (Å²) in [6.45, 7) is 2.16. The van der Waals surface area contributed by atoms with Crippen LogP contribution < -0.4 is 5.73 Å². The van der Waals surface area contributed by atoms with E-state index < -0.39 is 0 Å². The second-order valence-electron chi connectivity index (χ2n) is 4.19. The lowest BCUT2D eigenvalue weighted by Gasteiger charge is -2.02.